The van der Waals surface area contributed by atoms with Gasteiger partial charge in [0.2, 0.25) is 0 Å². The molecule has 3 N–H and O–H groups in total. The van der Waals surface area contributed by atoms with E-state index >= 15 is 0 Å². The second kappa shape index (κ2) is 5.55. The summed E-state index contributed by atoms with van der Waals surface area (Å²) in [5.41, 5.74) is 2.70. The van der Waals surface area contributed by atoms with Gasteiger partial charge in [-0.2, -0.15) is 0 Å². The summed E-state index contributed by atoms with van der Waals surface area (Å²) in [6.07, 6.45) is 0.928. The van der Waals surface area contributed by atoms with Crippen LogP contribution in [0.5, 0.6) is 0 Å². The highest BCUT2D eigenvalue weighted by Crippen LogP contribution is 2.25. The maximum Gasteiger partial charge on any atom is 0.326 e. The van der Waals surface area contributed by atoms with Crippen molar-refractivity contribution in [2.24, 2.45) is 0 Å². The van der Waals surface area contributed by atoms with Crippen molar-refractivity contribution in [3.8, 4) is 0 Å². The largest absolute Gasteiger partial charge is 0.353 e. The number of anilines is 2. The summed E-state index contributed by atoms with van der Waals surface area (Å²) in [6, 6.07) is 12.3. The van der Waals surface area contributed by atoms with Gasteiger partial charge in [-0.15, -0.1) is 0 Å². The van der Waals surface area contributed by atoms with Crippen LogP contribution in [0.1, 0.15) is 12.5 Å². The molecule has 3 aromatic rings. The molecule has 0 bridgehead atoms. The Hall–Kier alpha value is -2.60. The van der Waals surface area contributed by atoms with E-state index in [-0.39, 0.29) is 17.5 Å². The van der Waals surface area contributed by atoms with E-state index in [0.29, 0.717) is 5.69 Å². The van der Waals surface area contributed by atoms with Gasteiger partial charge in [0.15, 0.2) is 0 Å². The molecule has 1 saturated heterocycles. The van der Waals surface area contributed by atoms with E-state index in [1.807, 2.05) is 18.2 Å². The summed E-state index contributed by atoms with van der Waals surface area (Å²) in [6.45, 7) is 1.70. The fourth-order valence-electron chi connectivity index (χ4n) is 3.14. The number of hydrogen-bond acceptors (Lipinski definition) is 3. The zero-order valence-corrected chi connectivity index (χ0v) is 12.5. The number of halogens is 1. The molecular weight excluding hydrogens is 295 g/mol. The summed E-state index contributed by atoms with van der Waals surface area (Å²) in [4.78, 5) is 15.1. The van der Waals surface area contributed by atoms with Crippen LogP contribution in [-0.2, 0) is 0 Å². The minimum Gasteiger partial charge on any atom is -0.353 e. The lowest BCUT2D eigenvalue weighted by Gasteiger charge is -2.12. The number of rotatable bonds is 3. The van der Waals surface area contributed by atoms with Crippen molar-refractivity contribution >= 4 is 22.4 Å². The summed E-state index contributed by atoms with van der Waals surface area (Å²) in [5, 5.41) is 6.35. The topological polar surface area (TPSA) is 61.9 Å². The Morgan fingerprint density at radius 1 is 1.22 bits per heavy atom. The number of aromatic nitrogens is 2. The third kappa shape index (κ3) is 2.51. The third-order valence-electron chi connectivity index (χ3n) is 4.27. The van der Waals surface area contributed by atoms with Crippen molar-refractivity contribution in [3.63, 3.8) is 0 Å². The van der Waals surface area contributed by atoms with Crippen LogP contribution in [0.25, 0.3) is 11.0 Å². The highest BCUT2D eigenvalue weighted by molar-refractivity contribution is 5.81. The third-order valence-corrected chi connectivity index (χ3v) is 4.27. The van der Waals surface area contributed by atoms with Crippen LogP contribution in [-0.4, -0.2) is 22.6 Å². The van der Waals surface area contributed by atoms with Gasteiger partial charge in [0.25, 0.3) is 0 Å². The number of para-hydroxylation sites is 1. The Morgan fingerprint density at radius 3 is 2.87 bits per heavy atom. The fraction of sp³-hybridized carbons (Fsp3) is 0.235. The predicted octanol–water partition coefficient (Wildman–Crippen LogP) is 2.75. The van der Waals surface area contributed by atoms with Crippen molar-refractivity contribution in [1.82, 2.24) is 14.9 Å². The van der Waals surface area contributed by atoms with Gasteiger partial charge in [-0.25, -0.2) is 9.18 Å². The van der Waals surface area contributed by atoms with Gasteiger partial charge in [0.1, 0.15) is 5.82 Å². The lowest BCUT2D eigenvalue weighted by Crippen LogP contribution is -2.23. The molecule has 1 aliphatic rings. The molecule has 5 nitrogen and oxygen atoms in total. The van der Waals surface area contributed by atoms with Gasteiger partial charge in [0.05, 0.1) is 22.8 Å². The van der Waals surface area contributed by atoms with E-state index in [0.717, 1.165) is 36.2 Å². The van der Waals surface area contributed by atoms with Crippen molar-refractivity contribution < 1.29 is 4.39 Å². The number of nitrogens with zero attached hydrogens (tertiary/aromatic N) is 1. The summed E-state index contributed by atoms with van der Waals surface area (Å²) >= 11 is 0. The number of hydrogen-bond donors (Lipinski definition) is 3. The number of benzene rings is 2. The van der Waals surface area contributed by atoms with E-state index in [1.54, 1.807) is 22.8 Å². The molecule has 0 amide bonds. The first-order valence-corrected chi connectivity index (χ1v) is 7.69. The lowest BCUT2D eigenvalue weighted by atomic mass is 10.2. The molecule has 0 saturated carbocycles. The van der Waals surface area contributed by atoms with Crippen LogP contribution in [0.15, 0.2) is 47.3 Å². The monoisotopic (exact) mass is 312 g/mol. The van der Waals surface area contributed by atoms with E-state index in [1.165, 1.54) is 6.07 Å². The fourth-order valence-corrected chi connectivity index (χ4v) is 3.14. The molecule has 1 aromatic heterocycles. The zero-order valence-electron chi connectivity index (χ0n) is 12.5. The van der Waals surface area contributed by atoms with Crippen LogP contribution in [0.2, 0.25) is 0 Å². The first kappa shape index (κ1) is 14.0. The standard InChI is InChI=1S/C17H17FN4O/c18-13-3-1-2-4-14(13)20-11-5-6-15-16(9-11)22(17(23)21-15)12-7-8-19-10-12/h1-6,9,12,19-20H,7-8,10H2,(H,21,23). The van der Waals surface area contributed by atoms with E-state index in [2.05, 4.69) is 15.6 Å². The molecule has 0 radical (unpaired) electrons. The molecular formula is C17H17FN4O. The second-order valence-electron chi connectivity index (χ2n) is 5.78. The lowest BCUT2D eigenvalue weighted by molar-refractivity contribution is 0.546. The Labute approximate surface area is 132 Å². The smallest absolute Gasteiger partial charge is 0.326 e. The van der Waals surface area contributed by atoms with Gasteiger partial charge in [0, 0.05) is 12.2 Å². The van der Waals surface area contributed by atoms with Gasteiger partial charge >= 0.3 is 5.69 Å². The minimum atomic E-state index is -0.306. The SMILES string of the molecule is O=c1[nH]c2ccc(Nc3ccccc3F)cc2n1C1CCNC1. The van der Waals surface area contributed by atoms with Crippen molar-refractivity contribution in [3.05, 3.63) is 58.8 Å². The predicted molar refractivity (Wildman–Crippen MR) is 88.8 cm³/mol. The normalized spacial score (nSPS) is 17.7. The number of H-pyrrole nitrogens is 1. The van der Waals surface area contributed by atoms with Gasteiger partial charge in [-0.3, -0.25) is 4.57 Å². The van der Waals surface area contributed by atoms with Crippen molar-refractivity contribution in [2.75, 3.05) is 18.4 Å². The second-order valence-corrected chi connectivity index (χ2v) is 5.78. The van der Waals surface area contributed by atoms with Crippen LogP contribution in [0, 0.1) is 5.82 Å². The van der Waals surface area contributed by atoms with Gasteiger partial charge in [-0.05, 0) is 43.3 Å². The van der Waals surface area contributed by atoms with Gasteiger partial charge in [-0.1, -0.05) is 12.1 Å². The number of fused-ring (bicyclic) bond motifs is 1. The maximum atomic E-state index is 13.8. The van der Waals surface area contributed by atoms with E-state index in [4.69, 9.17) is 0 Å². The van der Waals surface area contributed by atoms with E-state index < -0.39 is 0 Å². The number of nitrogens with one attached hydrogen (secondary N) is 3. The number of aromatic amines is 1. The maximum absolute atomic E-state index is 13.8. The molecule has 23 heavy (non-hydrogen) atoms. The van der Waals surface area contributed by atoms with E-state index in [9.17, 15) is 9.18 Å². The zero-order chi connectivity index (χ0) is 15.8. The molecule has 1 aliphatic heterocycles. The Kier molecular flexibility index (Phi) is 3.38. The summed E-state index contributed by atoms with van der Waals surface area (Å²) < 4.78 is 15.6. The first-order valence-electron chi connectivity index (χ1n) is 7.69. The van der Waals surface area contributed by atoms with Crippen LogP contribution in [0.3, 0.4) is 0 Å². The average Bonchev–Trinajstić information content (AvgIpc) is 3.16. The molecule has 2 aromatic carbocycles. The highest BCUT2D eigenvalue weighted by atomic mass is 19.1. The van der Waals surface area contributed by atoms with Crippen LogP contribution >= 0.6 is 0 Å². The molecule has 1 fully saturated rings. The number of imidazole rings is 1. The molecule has 0 spiro atoms. The summed E-state index contributed by atoms with van der Waals surface area (Å²) in [5.74, 6) is -0.306. The van der Waals surface area contributed by atoms with Crippen molar-refractivity contribution in [2.45, 2.75) is 12.5 Å². The molecule has 1 unspecified atom stereocenters. The van der Waals surface area contributed by atoms with Crippen LogP contribution < -0.4 is 16.3 Å². The average molecular weight is 312 g/mol. The summed E-state index contributed by atoms with van der Waals surface area (Å²) in [7, 11) is 0. The minimum absolute atomic E-state index is 0.100. The highest BCUT2D eigenvalue weighted by Gasteiger charge is 2.21. The molecule has 2 heterocycles. The Morgan fingerprint density at radius 2 is 2.09 bits per heavy atom. The molecule has 0 aliphatic carbocycles. The molecule has 4 rings (SSSR count). The Balaban J connectivity index is 1.76. The van der Waals surface area contributed by atoms with Crippen molar-refractivity contribution in [1.29, 1.82) is 0 Å². The quantitative estimate of drug-likeness (QED) is 0.697. The molecule has 118 valence electrons. The first-order chi connectivity index (χ1) is 11.2. The molecule has 6 heteroatoms. The Bertz CT molecular complexity index is 908. The van der Waals surface area contributed by atoms with Gasteiger partial charge < -0.3 is 15.6 Å². The molecule has 1 atom stereocenters. The van der Waals surface area contributed by atoms with Crippen LogP contribution in [0.4, 0.5) is 15.8 Å².